The molecule has 0 aromatic heterocycles. The Labute approximate surface area is 121 Å². The van der Waals surface area contributed by atoms with E-state index in [9.17, 15) is 9.59 Å². The fraction of sp³-hybridized carbons (Fsp3) is 0.385. The third-order valence-electron chi connectivity index (χ3n) is 2.71. The fourth-order valence-electron chi connectivity index (χ4n) is 1.29. The van der Waals surface area contributed by atoms with Crippen LogP contribution >= 0.6 is 15.9 Å². The van der Waals surface area contributed by atoms with Gasteiger partial charge in [-0.2, -0.15) is 0 Å². The van der Waals surface area contributed by atoms with Crippen LogP contribution in [0.4, 0.5) is 0 Å². The minimum Gasteiger partial charge on any atom is -0.295 e. The number of halogens is 1. The second kappa shape index (κ2) is 7.25. The maximum Gasteiger partial charge on any atom is 0.270 e. The molecule has 0 heterocycles. The predicted molar refractivity (Wildman–Crippen MR) is 77.5 cm³/mol. The molecule has 2 N–H and O–H groups in total. The summed E-state index contributed by atoms with van der Waals surface area (Å²) in [6.45, 7) is 4.22. The smallest absolute Gasteiger partial charge is 0.270 e. The van der Waals surface area contributed by atoms with Crippen molar-refractivity contribution in [3.8, 4) is 0 Å². The first kappa shape index (κ1) is 15.7. The van der Waals surface area contributed by atoms with Crippen molar-refractivity contribution in [1.82, 2.24) is 15.8 Å². The number of carbonyl (C=O) groups excluding carboxylic acids is 2. The molecule has 0 atom stereocenters. The minimum absolute atomic E-state index is 0.230. The van der Waals surface area contributed by atoms with E-state index >= 15 is 0 Å². The Morgan fingerprint density at radius 1 is 1.26 bits per heavy atom. The summed E-state index contributed by atoms with van der Waals surface area (Å²) in [5, 5.41) is 0. The number of hydrogen-bond donors (Lipinski definition) is 2. The quantitative estimate of drug-likeness (QED) is 0.825. The first-order valence-electron chi connectivity index (χ1n) is 5.95. The van der Waals surface area contributed by atoms with Gasteiger partial charge in [-0.15, -0.1) is 0 Å². The van der Waals surface area contributed by atoms with Crippen molar-refractivity contribution in [3.63, 3.8) is 0 Å². The molecule has 0 spiro atoms. The molecule has 19 heavy (non-hydrogen) atoms. The third-order valence-corrected chi connectivity index (χ3v) is 3.40. The van der Waals surface area contributed by atoms with Gasteiger partial charge in [0, 0.05) is 10.5 Å². The molecule has 0 unspecified atom stereocenters. The van der Waals surface area contributed by atoms with Crippen LogP contribution in [0.2, 0.25) is 0 Å². The van der Waals surface area contributed by atoms with Crippen molar-refractivity contribution < 1.29 is 9.59 Å². The van der Waals surface area contributed by atoms with E-state index in [2.05, 4.69) is 26.8 Å². The Hall–Kier alpha value is -1.40. The summed E-state index contributed by atoms with van der Waals surface area (Å²) in [6.07, 6.45) is 0. The highest BCUT2D eigenvalue weighted by atomic mass is 79.9. The molecule has 0 saturated heterocycles. The van der Waals surface area contributed by atoms with Crippen molar-refractivity contribution in [3.05, 3.63) is 34.3 Å². The summed E-state index contributed by atoms with van der Waals surface area (Å²) < 4.78 is 0.682. The zero-order chi connectivity index (χ0) is 14.4. The van der Waals surface area contributed by atoms with E-state index in [1.165, 1.54) is 0 Å². The van der Waals surface area contributed by atoms with Crippen LogP contribution in [0.5, 0.6) is 0 Å². The maximum atomic E-state index is 11.8. The van der Waals surface area contributed by atoms with Crippen molar-refractivity contribution in [1.29, 1.82) is 0 Å². The standard InChI is InChI=1S/C13H18BrN3O2/c1-9(2)17(3)8-12(18)15-16-13(19)10-6-4-5-7-11(10)14/h4-7,9H,8H2,1-3H3,(H,15,18)(H,16,19). The van der Waals surface area contributed by atoms with Gasteiger partial charge in [-0.25, -0.2) is 0 Å². The fourth-order valence-corrected chi connectivity index (χ4v) is 1.75. The normalized spacial score (nSPS) is 10.6. The van der Waals surface area contributed by atoms with Crippen LogP contribution in [0.1, 0.15) is 24.2 Å². The topological polar surface area (TPSA) is 61.4 Å². The summed E-state index contributed by atoms with van der Waals surface area (Å²) in [5.74, 6) is -0.607. The number of rotatable bonds is 4. The molecule has 0 saturated carbocycles. The van der Waals surface area contributed by atoms with Crippen molar-refractivity contribution in [2.45, 2.75) is 19.9 Å². The van der Waals surface area contributed by atoms with Gasteiger partial charge in [0.2, 0.25) is 0 Å². The van der Waals surface area contributed by atoms with Crippen LogP contribution in [-0.2, 0) is 4.79 Å². The molecule has 1 aromatic carbocycles. The Morgan fingerprint density at radius 3 is 2.47 bits per heavy atom. The highest BCUT2D eigenvalue weighted by molar-refractivity contribution is 9.10. The van der Waals surface area contributed by atoms with Gasteiger partial charge in [0.25, 0.3) is 11.8 Å². The Balaban J connectivity index is 2.47. The molecule has 1 rings (SSSR count). The lowest BCUT2D eigenvalue weighted by molar-refractivity contribution is -0.123. The van der Waals surface area contributed by atoms with Gasteiger partial charge < -0.3 is 0 Å². The summed E-state index contributed by atoms with van der Waals surface area (Å²) in [4.78, 5) is 25.3. The second-order valence-corrected chi connectivity index (χ2v) is 5.35. The first-order chi connectivity index (χ1) is 8.91. The first-order valence-corrected chi connectivity index (χ1v) is 6.75. The van der Waals surface area contributed by atoms with Gasteiger partial charge in [-0.1, -0.05) is 12.1 Å². The second-order valence-electron chi connectivity index (χ2n) is 4.49. The number of hydrazine groups is 1. The van der Waals surface area contributed by atoms with Crippen LogP contribution in [0, 0.1) is 0 Å². The number of carbonyl (C=O) groups is 2. The average molecular weight is 328 g/mol. The molecule has 0 fully saturated rings. The lowest BCUT2D eigenvalue weighted by Crippen LogP contribution is -2.46. The molecular weight excluding hydrogens is 310 g/mol. The van der Waals surface area contributed by atoms with Crippen LogP contribution in [0.15, 0.2) is 28.7 Å². The number of benzene rings is 1. The Morgan fingerprint density at radius 2 is 1.89 bits per heavy atom. The van der Waals surface area contributed by atoms with E-state index in [-0.39, 0.29) is 24.4 Å². The highest BCUT2D eigenvalue weighted by Crippen LogP contribution is 2.14. The number of nitrogens with zero attached hydrogens (tertiary/aromatic N) is 1. The Bertz CT molecular complexity index is 463. The van der Waals surface area contributed by atoms with Gasteiger partial charge in [0.15, 0.2) is 0 Å². The van der Waals surface area contributed by atoms with E-state index in [0.717, 1.165) is 0 Å². The summed E-state index contributed by atoms with van der Waals surface area (Å²) >= 11 is 3.28. The van der Waals surface area contributed by atoms with E-state index in [4.69, 9.17) is 0 Å². The molecule has 5 nitrogen and oxygen atoms in total. The maximum absolute atomic E-state index is 11.8. The summed E-state index contributed by atoms with van der Waals surface area (Å²) in [6, 6.07) is 7.28. The molecule has 104 valence electrons. The lowest BCUT2D eigenvalue weighted by Gasteiger charge is -2.20. The molecule has 2 amide bonds. The number of amides is 2. The van der Waals surface area contributed by atoms with E-state index in [0.29, 0.717) is 10.0 Å². The SMILES string of the molecule is CC(C)N(C)CC(=O)NNC(=O)c1ccccc1Br. The molecule has 0 aliphatic carbocycles. The zero-order valence-electron chi connectivity index (χ0n) is 11.2. The lowest BCUT2D eigenvalue weighted by atomic mass is 10.2. The van der Waals surface area contributed by atoms with Gasteiger partial charge in [0.05, 0.1) is 12.1 Å². The molecule has 0 aliphatic rings. The van der Waals surface area contributed by atoms with Crippen molar-refractivity contribution in [2.75, 3.05) is 13.6 Å². The zero-order valence-corrected chi connectivity index (χ0v) is 12.8. The highest BCUT2D eigenvalue weighted by Gasteiger charge is 2.12. The monoisotopic (exact) mass is 327 g/mol. The number of nitrogens with one attached hydrogen (secondary N) is 2. The third kappa shape index (κ3) is 5.00. The molecular formula is C13H18BrN3O2. The predicted octanol–water partition coefficient (Wildman–Crippen LogP) is 1.55. The molecule has 1 aromatic rings. The van der Waals surface area contributed by atoms with Crippen molar-refractivity contribution in [2.24, 2.45) is 0 Å². The van der Waals surface area contributed by atoms with Crippen LogP contribution in [0.25, 0.3) is 0 Å². The number of hydrogen-bond acceptors (Lipinski definition) is 3. The van der Waals surface area contributed by atoms with Crippen LogP contribution in [0.3, 0.4) is 0 Å². The Kier molecular flexibility index (Phi) is 5.98. The van der Waals surface area contributed by atoms with Crippen LogP contribution in [-0.4, -0.2) is 36.3 Å². The van der Waals surface area contributed by atoms with E-state index in [1.807, 2.05) is 31.9 Å². The molecule has 6 heteroatoms. The molecule has 0 radical (unpaired) electrons. The molecule has 0 bridgehead atoms. The van der Waals surface area contributed by atoms with E-state index in [1.54, 1.807) is 18.2 Å². The largest absolute Gasteiger partial charge is 0.295 e. The average Bonchev–Trinajstić information content (AvgIpc) is 2.36. The minimum atomic E-state index is -0.354. The van der Waals surface area contributed by atoms with Crippen molar-refractivity contribution >= 4 is 27.7 Å². The summed E-state index contributed by atoms with van der Waals surface area (Å²) in [5.41, 5.74) is 5.25. The number of likely N-dealkylation sites (N-methyl/N-ethyl adjacent to an activating group) is 1. The van der Waals surface area contributed by atoms with Gasteiger partial charge in [-0.05, 0) is 49.0 Å². The van der Waals surface area contributed by atoms with Crippen LogP contribution < -0.4 is 10.9 Å². The molecule has 0 aliphatic heterocycles. The van der Waals surface area contributed by atoms with Gasteiger partial charge in [-0.3, -0.25) is 25.3 Å². The summed E-state index contributed by atoms with van der Waals surface area (Å²) in [7, 11) is 1.85. The van der Waals surface area contributed by atoms with E-state index < -0.39 is 0 Å². The van der Waals surface area contributed by atoms with Gasteiger partial charge in [0.1, 0.15) is 0 Å². The van der Waals surface area contributed by atoms with Gasteiger partial charge >= 0.3 is 0 Å².